The zero-order valence-electron chi connectivity index (χ0n) is 14.1. The van der Waals surface area contributed by atoms with Crippen molar-refractivity contribution in [2.24, 2.45) is 0 Å². The summed E-state index contributed by atoms with van der Waals surface area (Å²) in [5.41, 5.74) is 2.01. The molecular weight excluding hydrogens is 341 g/mol. The van der Waals surface area contributed by atoms with Gasteiger partial charge in [0.05, 0.1) is 17.4 Å². The highest BCUT2D eigenvalue weighted by Crippen LogP contribution is 2.16. The number of benzene rings is 2. The van der Waals surface area contributed by atoms with E-state index in [1.807, 2.05) is 6.07 Å². The molecule has 0 atom stereocenters. The smallest absolute Gasteiger partial charge is 0.338 e. The third kappa shape index (κ3) is 6.58. The molecule has 0 aliphatic rings. The summed E-state index contributed by atoms with van der Waals surface area (Å²) in [6.07, 6.45) is -0.166. The second kappa shape index (κ2) is 9.22. The van der Waals surface area contributed by atoms with Crippen molar-refractivity contribution in [3.8, 4) is 0 Å². The predicted molar refractivity (Wildman–Crippen MR) is 98.2 cm³/mol. The van der Waals surface area contributed by atoms with Crippen LogP contribution in [-0.2, 0) is 15.3 Å². The molecule has 0 saturated carbocycles. The number of anilines is 1. The molecule has 0 aliphatic heterocycles. The van der Waals surface area contributed by atoms with Gasteiger partial charge in [-0.25, -0.2) is 9.18 Å². The van der Waals surface area contributed by atoms with Crippen LogP contribution in [0.15, 0.2) is 48.5 Å². The maximum atomic E-state index is 12.8. The summed E-state index contributed by atoms with van der Waals surface area (Å²) in [7, 11) is 0. The van der Waals surface area contributed by atoms with Gasteiger partial charge in [-0.15, -0.1) is 11.8 Å². The second-order valence-corrected chi connectivity index (χ2v) is 6.69. The molecule has 0 aliphatic carbocycles. The van der Waals surface area contributed by atoms with Gasteiger partial charge in [0.15, 0.2) is 0 Å². The van der Waals surface area contributed by atoms with Crippen molar-refractivity contribution in [1.82, 2.24) is 0 Å². The molecule has 0 fully saturated rings. The van der Waals surface area contributed by atoms with Gasteiger partial charge in [0.2, 0.25) is 5.91 Å². The van der Waals surface area contributed by atoms with Gasteiger partial charge in [0, 0.05) is 11.4 Å². The van der Waals surface area contributed by atoms with Gasteiger partial charge >= 0.3 is 5.97 Å². The van der Waals surface area contributed by atoms with Gasteiger partial charge in [0.25, 0.3) is 0 Å². The third-order valence-electron chi connectivity index (χ3n) is 3.14. The van der Waals surface area contributed by atoms with Crippen molar-refractivity contribution < 1.29 is 18.7 Å². The van der Waals surface area contributed by atoms with Crippen molar-refractivity contribution in [1.29, 1.82) is 0 Å². The largest absolute Gasteiger partial charge is 0.459 e. The minimum atomic E-state index is -0.351. The van der Waals surface area contributed by atoms with Crippen LogP contribution in [0.2, 0.25) is 0 Å². The highest BCUT2D eigenvalue weighted by atomic mass is 32.2. The zero-order chi connectivity index (χ0) is 18.2. The van der Waals surface area contributed by atoms with Crippen LogP contribution in [0, 0.1) is 5.82 Å². The Morgan fingerprint density at radius 3 is 2.56 bits per heavy atom. The quantitative estimate of drug-likeness (QED) is 0.749. The molecule has 0 unspecified atom stereocenters. The number of thioether (sulfide) groups is 1. The Balaban J connectivity index is 1.82. The van der Waals surface area contributed by atoms with Crippen molar-refractivity contribution in [2.75, 3.05) is 11.1 Å². The minimum absolute atomic E-state index is 0.160. The van der Waals surface area contributed by atoms with E-state index in [4.69, 9.17) is 4.74 Å². The van der Waals surface area contributed by atoms with Gasteiger partial charge in [0.1, 0.15) is 5.82 Å². The molecule has 2 aromatic rings. The van der Waals surface area contributed by atoms with Crippen LogP contribution in [0.1, 0.15) is 29.8 Å². The van der Waals surface area contributed by atoms with E-state index in [0.29, 0.717) is 17.0 Å². The summed E-state index contributed by atoms with van der Waals surface area (Å²) >= 11 is 1.43. The third-order valence-corrected chi connectivity index (χ3v) is 4.14. The normalized spacial score (nSPS) is 10.6. The number of hydrogen-bond acceptors (Lipinski definition) is 4. The number of nitrogens with one attached hydrogen (secondary N) is 1. The van der Waals surface area contributed by atoms with Gasteiger partial charge in [-0.05, 0) is 55.8 Å². The monoisotopic (exact) mass is 361 g/mol. The van der Waals surface area contributed by atoms with E-state index in [1.54, 1.807) is 32.0 Å². The summed E-state index contributed by atoms with van der Waals surface area (Å²) in [6.45, 7) is 3.61. The lowest BCUT2D eigenvalue weighted by Gasteiger charge is -2.09. The Morgan fingerprint density at radius 2 is 1.88 bits per heavy atom. The fourth-order valence-electron chi connectivity index (χ4n) is 2.06. The van der Waals surface area contributed by atoms with Crippen LogP contribution in [0.3, 0.4) is 0 Å². The first-order valence-electron chi connectivity index (χ1n) is 7.87. The molecule has 6 heteroatoms. The van der Waals surface area contributed by atoms with Crippen LogP contribution in [0.25, 0.3) is 0 Å². The summed E-state index contributed by atoms with van der Waals surface area (Å²) in [5.74, 6) is 0.00338. The molecular formula is C19H20FNO3S. The molecule has 2 rings (SSSR count). The number of hydrogen-bond donors (Lipinski definition) is 1. The van der Waals surface area contributed by atoms with E-state index in [-0.39, 0.29) is 29.6 Å². The lowest BCUT2D eigenvalue weighted by atomic mass is 10.1. The molecule has 1 amide bonds. The number of halogens is 1. The van der Waals surface area contributed by atoms with Crippen LogP contribution in [0.5, 0.6) is 0 Å². The van der Waals surface area contributed by atoms with Gasteiger partial charge in [-0.3, -0.25) is 4.79 Å². The highest BCUT2D eigenvalue weighted by Gasteiger charge is 2.10. The summed E-state index contributed by atoms with van der Waals surface area (Å²) in [5, 5.41) is 2.71. The van der Waals surface area contributed by atoms with E-state index in [1.165, 1.54) is 36.0 Å². The number of esters is 1. The van der Waals surface area contributed by atoms with Crippen molar-refractivity contribution in [2.45, 2.75) is 25.7 Å². The van der Waals surface area contributed by atoms with E-state index in [9.17, 15) is 14.0 Å². The van der Waals surface area contributed by atoms with Gasteiger partial charge in [-0.1, -0.05) is 12.1 Å². The van der Waals surface area contributed by atoms with Crippen molar-refractivity contribution in [3.05, 3.63) is 65.5 Å². The van der Waals surface area contributed by atoms with E-state index >= 15 is 0 Å². The van der Waals surface area contributed by atoms with E-state index < -0.39 is 0 Å². The topological polar surface area (TPSA) is 55.4 Å². The molecule has 0 aromatic heterocycles. The fourth-order valence-corrected chi connectivity index (χ4v) is 2.84. The SMILES string of the molecule is CC(C)OC(=O)c1cccc(CSCC(=O)Nc2ccc(F)cc2)c1. The lowest BCUT2D eigenvalue weighted by molar-refractivity contribution is -0.113. The van der Waals surface area contributed by atoms with Crippen molar-refractivity contribution in [3.63, 3.8) is 0 Å². The molecule has 0 heterocycles. The van der Waals surface area contributed by atoms with E-state index in [0.717, 1.165) is 5.56 Å². The average Bonchev–Trinajstić information content (AvgIpc) is 2.57. The minimum Gasteiger partial charge on any atom is -0.459 e. The van der Waals surface area contributed by atoms with Gasteiger partial charge in [-0.2, -0.15) is 0 Å². The number of ether oxygens (including phenoxy) is 1. The highest BCUT2D eigenvalue weighted by molar-refractivity contribution is 7.99. The Hall–Kier alpha value is -2.34. The predicted octanol–water partition coefficient (Wildman–Crippen LogP) is 4.26. The average molecular weight is 361 g/mol. The molecule has 2 aromatic carbocycles. The van der Waals surface area contributed by atoms with Crippen LogP contribution >= 0.6 is 11.8 Å². The molecule has 0 saturated heterocycles. The lowest BCUT2D eigenvalue weighted by Crippen LogP contribution is -2.14. The van der Waals surface area contributed by atoms with Crippen LogP contribution in [-0.4, -0.2) is 23.7 Å². The Labute approximate surface area is 150 Å². The Bertz CT molecular complexity index is 732. The number of carbonyl (C=O) groups is 2. The second-order valence-electron chi connectivity index (χ2n) is 5.70. The Morgan fingerprint density at radius 1 is 1.16 bits per heavy atom. The summed E-state index contributed by atoms with van der Waals surface area (Å²) in [4.78, 5) is 23.8. The molecule has 0 spiro atoms. The zero-order valence-corrected chi connectivity index (χ0v) is 14.9. The van der Waals surface area contributed by atoms with Crippen molar-refractivity contribution >= 4 is 29.3 Å². The molecule has 0 radical (unpaired) electrons. The van der Waals surface area contributed by atoms with E-state index in [2.05, 4.69) is 5.32 Å². The molecule has 132 valence electrons. The molecule has 1 N–H and O–H groups in total. The molecule has 0 bridgehead atoms. The summed E-state index contributed by atoms with van der Waals surface area (Å²) in [6, 6.07) is 12.8. The van der Waals surface area contributed by atoms with Crippen LogP contribution < -0.4 is 5.32 Å². The number of rotatable bonds is 7. The Kier molecular flexibility index (Phi) is 7.01. The first-order chi connectivity index (χ1) is 11.9. The first kappa shape index (κ1) is 19.0. The molecule has 25 heavy (non-hydrogen) atoms. The standard InChI is InChI=1S/C19H20FNO3S/c1-13(2)24-19(23)15-5-3-4-14(10-15)11-25-12-18(22)21-17-8-6-16(20)7-9-17/h3-10,13H,11-12H2,1-2H3,(H,21,22). The van der Waals surface area contributed by atoms with Gasteiger partial charge < -0.3 is 10.1 Å². The summed E-state index contributed by atoms with van der Waals surface area (Å²) < 4.78 is 18.0. The first-order valence-corrected chi connectivity index (χ1v) is 9.02. The maximum Gasteiger partial charge on any atom is 0.338 e. The number of amides is 1. The molecule has 4 nitrogen and oxygen atoms in total. The number of carbonyl (C=O) groups excluding carboxylic acids is 2. The van der Waals surface area contributed by atoms with Crippen LogP contribution in [0.4, 0.5) is 10.1 Å². The fraction of sp³-hybridized carbons (Fsp3) is 0.263. The maximum absolute atomic E-state index is 12.8.